The van der Waals surface area contributed by atoms with Gasteiger partial charge in [-0.3, -0.25) is 9.59 Å². The number of anilines is 1. The van der Waals surface area contributed by atoms with Gasteiger partial charge in [-0.15, -0.1) is 0 Å². The van der Waals surface area contributed by atoms with Crippen LogP contribution in [0, 0.1) is 0 Å². The Morgan fingerprint density at radius 1 is 1.33 bits per heavy atom. The molecule has 1 unspecified atom stereocenters. The Kier molecular flexibility index (Phi) is 6.83. The van der Waals surface area contributed by atoms with E-state index in [1.54, 1.807) is 19.9 Å². The summed E-state index contributed by atoms with van der Waals surface area (Å²) in [7, 11) is -3.83. The van der Waals surface area contributed by atoms with Gasteiger partial charge in [0, 0.05) is 20.0 Å². The number of ether oxygens (including phenoxy) is 2. The number of rotatable bonds is 7. The molecular weight excluding hydrogens is 372 g/mol. The topological polar surface area (TPSA) is 93.2 Å². The van der Waals surface area contributed by atoms with Gasteiger partial charge in [-0.05, 0) is 32.0 Å². The van der Waals surface area contributed by atoms with E-state index in [1.165, 1.54) is 28.3 Å². The van der Waals surface area contributed by atoms with Gasteiger partial charge in [0.25, 0.3) is 0 Å². The van der Waals surface area contributed by atoms with Crippen LogP contribution in [0.25, 0.3) is 0 Å². The molecule has 0 aromatic heterocycles. The van der Waals surface area contributed by atoms with E-state index >= 15 is 0 Å². The minimum atomic E-state index is -3.83. The quantitative estimate of drug-likeness (QED) is 0.650. The van der Waals surface area contributed by atoms with Gasteiger partial charge in [0.05, 0.1) is 30.2 Å². The third kappa shape index (κ3) is 4.78. The van der Waals surface area contributed by atoms with Crippen molar-refractivity contribution in [2.75, 3.05) is 31.1 Å². The number of hydrogen-bond donors (Lipinski definition) is 0. The van der Waals surface area contributed by atoms with Crippen molar-refractivity contribution in [1.82, 2.24) is 4.31 Å². The first-order valence-corrected chi connectivity index (χ1v) is 10.4. The highest BCUT2D eigenvalue weighted by molar-refractivity contribution is 7.89. The highest BCUT2D eigenvalue weighted by atomic mass is 32.2. The van der Waals surface area contributed by atoms with Crippen LogP contribution in [0.1, 0.15) is 34.1 Å². The summed E-state index contributed by atoms with van der Waals surface area (Å²) in [4.78, 5) is 25.1. The van der Waals surface area contributed by atoms with Gasteiger partial charge in [-0.2, -0.15) is 4.31 Å². The van der Waals surface area contributed by atoms with Gasteiger partial charge < -0.3 is 14.4 Å². The number of carbonyl (C=O) groups is 2. The molecule has 27 heavy (non-hydrogen) atoms. The van der Waals surface area contributed by atoms with E-state index in [9.17, 15) is 18.0 Å². The first-order valence-electron chi connectivity index (χ1n) is 8.95. The molecule has 1 aromatic carbocycles. The van der Waals surface area contributed by atoms with Crippen LogP contribution in [0.5, 0.6) is 5.75 Å². The number of hydrogen-bond acceptors (Lipinski definition) is 6. The molecule has 0 spiro atoms. The normalized spacial score (nSPS) is 16.6. The lowest BCUT2D eigenvalue weighted by Crippen LogP contribution is -2.41. The van der Waals surface area contributed by atoms with E-state index in [0.29, 0.717) is 18.0 Å². The molecule has 0 saturated heterocycles. The standard InChI is InChI=1S/C18H26N2O6S/c1-5-19(10-9-18(22)25-6-2)27(23,24)15-7-8-17-16(11-15)20(14(4)21)12-13(3)26-17/h7-8,11,13H,5-6,9-10,12H2,1-4H3. The molecule has 9 heteroatoms. The second-order valence-electron chi connectivity index (χ2n) is 6.24. The van der Waals surface area contributed by atoms with E-state index in [4.69, 9.17) is 9.47 Å². The second-order valence-corrected chi connectivity index (χ2v) is 8.18. The average molecular weight is 398 g/mol. The number of amides is 1. The van der Waals surface area contributed by atoms with Crippen LogP contribution in [0.2, 0.25) is 0 Å². The highest BCUT2D eigenvalue weighted by Gasteiger charge is 2.30. The van der Waals surface area contributed by atoms with Crippen LogP contribution in [0.4, 0.5) is 5.69 Å². The lowest BCUT2D eigenvalue weighted by Gasteiger charge is -2.33. The molecule has 2 rings (SSSR count). The molecule has 0 fully saturated rings. The van der Waals surface area contributed by atoms with Crippen molar-refractivity contribution >= 4 is 27.6 Å². The lowest BCUT2D eigenvalue weighted by atomic mass is 10.2. The lowest BCUT2D eigenvalue weighted by molar-refractivity contribution is -0.143. The van der Waals surface area contributed by atoms with Crippen LogP contribution < -0.4 is 9.64 Å². The number of benzene rings is 1. The fourth-order valence-electron chi connectivity index (χ4n) is 2.92. The molecule has 1 aromatic rings. The SMILES string of the molecule is CCOC(=O)CCN(CC)S(=O)(=O)c1ccc2c(c1)N(C(C)=O)CC(C)O2. The predicted octanol–water partition coefficient (Wildman–Crippen LogP) is 1.78. The zero-order valence-electron chi connectivity index (χ0n) is 16.1. The maximum Gasteiger partial charge on any atom is 0.307 e. The first kappa shape index (κ1) is 21.2. The molecule has 1 aliphatic rings. The van der Waals surface area contributed by atoms with Gasteiger partial charge in [0.2, 0.25) is 15.9 Å². The maximum atomic E-state index is 13.0. The smallest absolute Gasteiger partial charge is 0.307 e. The summed E-state index contributed by atoms with van der Waals surface area (Å²) in [5, 5.41) is 0. The number of fused-ring (bicyclic) bond motifs is 1. The third-order valence-electron chi connectivity index (χ3n) is 4.23. The van der Waals surface area contributed by atoms with Crippen LogP contribution in [0.15, 0.2) is 23.1 Å². The molecule has 0 saturated carbocycles. The zero-order valence-corrected chi connectivity index (χ0v) is 16.9. The molecule has 0 N–H and O–H groups in total. The second kappa shape index (κ2) is 8.71. The molecule has 1 heterocycles. The first-order chi connectivity index (χ1) is 12.7. The largest absolute Gasteiger partial charge is 0.487 e. The Balaban J connectivity index is 2.31. The van der Waals surface area contributed by atoms with Crippen LogP contribution >= 0.6 is 0 Å². The minimum absolute atomic E-state index is 0.0218. The van der Waals surface area contributed by atoms with Crippen molar-refractivity contribution in [3.8, 4) is 5.75 Å². The fourth-order valence-corrected chi connectivity index (χ4v) is 4.39. The summed E-state index contributed by atoms with van der Waals surface area (Å²) in [6.45, 7) is 7.52. The molecular formula is C18H26N2O6S. The van der Waals surface area contributed by atoms with E-state index in [1.807, 2.05) is 6.92 Å². The van der Waals surface area contributed by atoms with Gasteiger partial charge in [-0.1, -0.05) is 6.92 Å². The maximum absolute atomic E-state index is 13.0. The highest BCUT2D eigenvalue weighted by Crippen LogP contribution is 2.36. The Bertz CT molecular complexity index is 808. The van der Waals surface area contributed by atoms with Crippen molar-refractivity contribution in [3.05, 3.63) is 18.2 Å². The predicted molar refractivity (Wildman–Crippen MR) is 100 cm³/mol. The van der Waals surface area contributed by atoms with Crippen LogP contribution in [-0.2, 0) is 24.3 Å². The Morgan fingerprint density at radius 3 is 2.63 bits per heavy atom. The van der Waals surface area contributed by atoms with Crippen molar-refractivity contribution in [2.24, 2.45) is 0 Å². The third-order valence-corrected chi connectivity index (χ3v) is 6.20. The number of carbonyl (C=O) groups excluding carboxylic acids is 2. The van der Waals surface area contributed by atoms with Crippen molar-refractivity contribution in [3.63, 3.8) is 0 Å². The van der Waals surface area contributed by atoms with Crippen LogP contribution in [0.3, 0.4) is 0 Å². The van der Waals surface area contributed by atoms with Crippen molar-refractivity contribution < 1.29 is 27.5 Å². The van der Waals surface area contributed by atoms with Crippen molar-refractivity contribution in [1.29, 1.82) is 0 Å². The summed E-state index contributed by atoms with van der Waals surface area (Å²) in [6.07, 6.45) is -0.202. The van der Waals surface area contributed by atoms with E-state index < -0.39 is 16.0 Å². The van der Waals surface area contributed by atoms with Crippen molar-refractivity contribution in [2.45, 2.75) is 45.1 Å². The zero-order chi connectivity index (χ0) is 20.2. The van der Waals surface area contributed by atoms with E-state index in [2.05, 4.69) is 0 Å². The minimum Gasteiger partial charge on any atom is -0.487 e. The van der Waals surface area contributed by atoms with Gasteiger partial charge >= 0.3 is 5.97 Å². The fraction of sp³-hybridized carbons (Fsp3) is 0.556. The Labute approximate surface area is 160 Å². The number of nitrogens with zero attached hydrogens (tertiary/aromatic N) is 2. The van der Waals surface area contributed by atoms with E-state index in [-0.39, 0.29) is 43.0 Å². The van der Waals surface area contributed by atoms with Crippen LogP contribution in [-0.4, -0.2) is 56.9 Å². The summed E-state index contributed by atoms with van der Waals surface area (Å²) in [5.41, 5.74) is 0.433. The molecule has 8 nitrogen and oxygen atoms in total. The molecule has 1 atom stereocenters. The van der Waals surface area contributed by atoms with E-state index in [0.717, 1.165) is 0 Å². The molecule has 1 aliphatic heterocycles. The molecule has 150 valence electrons. The number of sulfonamides is 1. The molecule has 1 amide bonds. The molecule has 0 bridgehead atoms. The molecule has 0 radical (unpaired) electrons. The average Bonchev–Trinajstić information content (AvgIpc) is 2.60. The van der Waals surface area contributed by atoms with Gasteiger partial charge in [0.15, 0.2) is 0 Å². The Morgan fingerprint density at radius 2 is 2.04 bits per heavy atom. The monoisotopic (exact) mass is 398 g/mol. The van der Waals surface area contributed by atoms with Gasteiger partial charge in [-0.25, -0.2) is 8.42 Å². The number of esters is 1. The summed E-state index contributed by atoms with van der Waals surface area (Å²) in [5.74, 6) is -0.158. The Hall–Kier alpha value is -2.13. The van der Waals surface area contributed by atoms with Gasteiger partial charge in [0.1, 0.15) is 11.9 Å². The molecule has 0 aliphatic carbocycles. The summed E-state index contributed by atoms with van der Waals surface area (Å²) in [6, 6.07) is 4.47. The summed E-state index contributed by atoms with van der Waals surface area (Å²) < 4.78 is 37.8. The summed E-state index contributed by atoms with van der Waals surface area (Å²) >= 11 is 0.